The Bertz CT molecular complexity index is 976. The minimum absolute atomic E-state index is 0.123. The zero-order chi connectivity index (χ0) is 22.6. The largest absolute Gasteiger partial charge is 0.493 e. The zero-order valence-electron chi connectivity index (χ0n) is 18.0. The molecular formula is C21H26N2O7. The van der Waals surface area contributed by atoms with Crippen LogP contribution in [-0.2, 0) is 4.74 Å². The summed E-state index contributed by atoms with van der Waals surface area (Å²) in [5, 5.41) is 11.4. The number of carbonyl (C=O) groups excluding carboxylic acids is 2. The van der Waals surface area contributed by atoms with E-state index in [2.05, 4.69) is 0 Å². The number of ether oxygens (including phenoxy) is 3. The predicted molar refractivity (Wildman–Crippen MR) is 110 cm³/mol. The molecule has 2 rings (SSSR count). The van der Waals surface area contributed by atoms with Crippen molar-refractivity contribution in [2.24, 2.45) is 0 Å². The van der Waals surface area contributed by atoms with Crippen molar-refractivity contribution in [2.45, 2.75) is 40.7 Å². The van der Waals surface area contributed by atoms with E-state index in [1.807, 2.05) is 32.3 Å². The highest BCUT2D eigenvalue weighted by Crippen LogP contribution is 2.35. The van der Waals surface area contributed by atoms with Crippen molar-refractivity contribution >= 4 is 17.4 Å². The number of benzene rings is 1. The summed E-state index contributed by atoms with van der Waals surface area (Å²) in [6.45, 7) is 9.20. The molecule has 0 radical (unpaired) electrons. The van der Waals surface area contributed by atoms with Gasteiger partial charge in [0, 0.05) is 29.1 Å². The minimum Gasteiger partial charge on any atom is -0.493 e. The zero-order valence-corrected chi connectivity index (χ0v) is 18.0. The highest BCUT2D eigenvalue weighted by Gasteiger charge is 2.27. The molecule has 0 aliphatic rings. The Morgan fingerprint density at radius 2 is 1.80 bits per heavy atom. The standard InChI is InChI=1S/C21H26N2O7/c1-7-29-20-9-16(17(23(26)27)10-19(20)28-6)21(25)30-11-18(24)15-8-13(4)22(12(2)3)14(15)5/h8-10,12H,7,11H2,1-6H3. The molecule has 9 heteroatoms. The number of nitro groups is 1. The molecule has 2 aromatic rings. The second kappa shape index (κ2) is 9.43. The summed E-state index contributed by atoms with van der Waals surface area (Å²) in [7, 11) is 1.34. The van der Waals surface area contributed by atoms with Crippen molar-refractivity contribution < 1.29 is 28.7 Å². The normalized spacial score (nSPS) is 10.8. The maximum atomic E-state index is 12.6. The highest BCUT2D eigenvalue weighted by atomic mass is 16.6. The van der Waals surface area contributed by atoms with E-state index in [-0.39, 0.29) is 35.5 Å². The number of rotatable bonds is 9. The molecule has 0 aliphatic carbocycles. The quantitative estimate of drug-likeness (QED) is 0.261. The summed E-state index contributed by atoms with van der Waals surface area (Å²) in [6.07, 6.45) is 0. The van der Waals surface area contributed by atoms with Gasteiger partial charge in [0.1, 0.15) is 5.56 Å². The van der Waals surface area contributed by atoms with Gasteiger partial charge in [-0.1, -0.05) is 0 Å². The Morgan fingerprint density at radius 3 is 2.30 bits per heavy atom. The van der Waals surface area contributed by atoms with E-state index < -0.39 is 23.2 Å². The second-order valence-corrected chi connectivity index (χ2v) is 6.96. The van der Waals surface area contributed by atoms with E-state index in [9.17, 15) is 19.7 Å². The molecule has 0 fully saturated rings. The third kappa shape index (κ3) is 4.61. The molecule has 30 heavy (non-hydrogen) atoms. The van der Waals surface area contributed by atoms with Gasteiger partial charge in [-0.3, -0.25) is 14.9 Å². The Morgan fingerprint density at radius 1 is 1.13 bits per heavy atom. The third-order valence-electron chi connectivity index (χ3n) is 4.63. The fraction of sp³-hybridized carbons (Fsp3) is 0.429. The van der Waals surface area contributed by atoms with Crippen molar-refractivity contribution in [3.63, 3.8) is 0 Å². The van der Waals surface area contributed by atoms with Crippen molar-refractivity contribution in [1.29, 1.82) is 0 Å². The molecule has 0 aliphatic heterocycles. The smallest absolute Gasteiger partial charge is 0.345 e. The van der Waals surface area contributed by atoms with Crippen LogP contribution < -0.4 is 9.47 Å². The van der Waals surface area contributed by atoms with Crippen LogP contribution in [0.25, 0.3) is 0 Å². The van der Waals surface area contributed by atoms with Crippen molar-refractivity contribution in [1.82, 2.24) is 4.57 Å². The van der Waals surface area contributed by atoms with Gasteiger partial charge in [-0.05, 0) is 40.7 Å². The highest BCUT2D eigenvalue weighted by molar-refractivity contribution is 6.01. The molecule has 0 N–H and O–H groups in total. The van der Waals surface area contributed by atoms with E-state index in [1.165, 1.54) is 13.2 Å². The summed E-state index contributed by atoms with van der Waals surface area (Å²) >= 11 is 0. The Balaban J connectivity index is 2.28. The summed E-state index contributed by atoms with van der Waals surface area (Å²) in [5.74, 6) is -1.08. The molecule has 0 saturated carbocycles. The molecule has 0 bridgehead atoms. The van der Waals surface area contributed by atoms with Crippen LogP contribution in [0.2, 0.25) is 0 Å². The minimum atomic E-state index is -0.990. The molecule has 0 amide bonds. The molecule has 0 spiro atoms. The molecule has 1 heterocycles. The molecule has 0 saturated heterocycles. The average molecular weight is 418 g/mol. The lowest BCUT2D eigenvalue weighted by molar-refractivity contribution is -0.385. The maximum Gasteiger partial charge on any atom is 0.345 e. The number of hydrogen-bond donors (Lipinski definition) is 0. The number of esters is 1. The lowest BCUT2D eigenvalue weighted by Crippen LogP contribution is -2.16. The first-order chi connectivity index (χ1) is 14.1. The number of nitro benzene ring substituents is 1. The molecule has 1 aromatic carbocycles. The number of aromatic nitrogens is 1. The van der Waals surface area contributed by atoms with Gasteiger partial charge in [0.05, 0.1) is 24.7 Å². The first kappa shape index (κ1) is 22.9. The predicted octanol–water partition coefficient (Wildman–Crippen LogP) is 4.04. The molecule has 0 unspecified atom stereocenters. The Kier molecular flexibility index (Phi) is 7.20. The van der Waals surface area contributed by atoms with Crippen LogP contribution in [-0.4, -0.2) is 41.6 Å². The van der Waals surface area contributed by atoms with Crippen LogP contribution in [0.1, 0.15) is 58.9 Å². The molecule has 0 atom stereocenters. The summed E-state index contributed by atoms with van der Waals surface area (Å²) < 4.78 is 17.6. The van der Waals surface area contributed by atoms with E-state index >= 15 is 0 Å². The number of carbonyl (C=O) groups is 2. The van der Waals surface area contributed by atoms with E-state index in [0.29, 0.717) is 5.56 Å². The molecule has 9 nitrogen and oxygen atoms in total. The molecule has 162 valence electrons. The van der Waals surface area contributed by atoms with Gasteiger partial charge in [-0.2, -0.15) is 0 Å². The van der Waals surface area contributed by atoms with Gasteiger partial charge in [-0.25, -0.2) is 4.79 Å². The van der Waals surface area contributed by atoms with Gasteiger partial charge >= 0.3 is 5.97 Å². The second-order valence-electron chi connectivity index (χ2n) is 6.96. The Labute approximate surface area is 174 Å². The van der Waals surface area contributed by atoms with E-state index in [1.54, 1.807) is 13.0 Å². The first-order valence-electron chi connectivity index (χ1n) is 9.50. The number of nitrogens with zero attached hydrogens (tertiary/aromatic N) is 2. The summed E-state index contributed by atoms with van der Waals surface area (Å²) in [4.78, 5) is 35.8. The third-order valence-corrected chi connectivity index (χ3v) is 4.63. The van der Waals surface area contributed by atoms with Gasteiger partial charge in [0.15, 0.2) is 18.1 Å². The van der Waals surface area contributed by atoms with Gasteiger partial charge < -0.3 is 18.8 Å². The topological polar surface area (TPSA) is 110 Å². The van der Waals surface area contributed by atoms with Gasteiger partial charge in [0.25, 0.3) is 5.69 Å². The average Bonchev–Trinajstić information content (AvgIpc) is 2.99. The van der Waals surface area contributed by atoms with Crippen LogP contribution in [0, 0.1) is 24.0 Å². The monoisotopic (exact) mass is 418 g/mol. The van der Waals surface area contributed by atoms with Crippen molar-refractivity contribution in [3.05, 3.63) is 50.8 Å². The van der Waals surface area contributed by atoms with Crippen LogP contribution >= 0.6 is 0 Å². The van der Waals surface area contributed by atoms with E-state index in [4.69, 9.17) is 14.2 Å². The maximum absolute atomic E-state index is 12.6. The van der Waals surface area contributed by atoms with Gasteiger partial charge in [-0.15, -0.1) is 0 Å². The Hall–Kier alpha value is -3.36. The van der Waals surface area contributed by atoms with Crippen LogP contribution in [0.5, 0.6) is 11.5 Å². The lowest BCUT2D eigenvalue weighted by Gasteiger charge is -2.13. The van der Waals surface area contributed by atoms with Crippen LogP contribution in [0.3, 0.4) is 0 Å². The van der Waals surface area contributed by atoms with Gasteiger partial charge in [0.2, 0.25) is 5.78 Å². The van der Waals surface area contributed by atoms with Crippen molar-refractivity contribution in [2.75, 3.05) is 20.3 Å². The first-order valence-corrected chi connectivity index (χ1v) is 9.50. The molecule has 1 aromatic heterocycles. The number of methoxy groups -OCH3 is 1. The fourth-order valence-electron chi connectivity index (χ4n) is 3.43. The number of Topliss-reactive ketones (excluding diaryl/α,β-unsaturated/α-hetero) is 1. The van der Waals surface area contributed by atoms with Crippen LogP contribution in [0.4, 0.5) is 5.69 Å². The lowest BCUT2D eigenvalue weighted by atomic mass is 10.1. The van der Waals surface area contributed by atoms with Crippen LogP contribution in [0.15, 0.2) is 18.2 Å². The number of hydrogen-bond acceptors (Lipinski definition) is 7. The number of ketones is 1. The molecular weight excluding hydrogens is 392 g/mol. The summed E-state index contributed by atoms with van der Waals surface area (Å²) in [5.41, 5.74) is 1.34. The SMILES string of the molecule is CCOc1cc(C(=O)OCC(=O)c2cc(C)n(C(C)C)c2C)c([N+](=O)[O-])cc1OC. The summed E-state index contributed by atoms with van der Waals surface area (Å²) in [6, 6.07) is 4.21. The fourth-order valence-corrected chi connectivity index (χ4v) is 3.43. The number of aryl methyl sites for hydroxylation is 1. The van der Waals surface area contributed by atoms with Crippen molar-refractivity contribution in [3.8, 4) is 11.5 Å². The van der Waals surface area contributed by atoms with E-state index in [0.717, 1.165) is 17.5 Å².